The van der Waals surface area contributed by atoms with Gasteiger partial charge in [-0.2, -0.15) is 0 Å². The molecule has 0 radical (unpaired) electrons. The van der Waals surface area contributed by atoms with Crippen LogP contribution < -0.4 is 18.9 Å². The molecule has 26 heavy (non-hydrogen) atoms. The predicted molar refractivity (Wildman–Crippen MR) is 101 cm³/mol. The van der Waals surface area contributed by atoms with E-state index >= 15 is 0 Å². The summed E-state index contributed by atoms with van der Waals surface area (Å²) in [6.07, 6.45) is 0. The van der Waals surface area contributed by atoms with Gasteiger partial charge in [0.25, 0.3) is 0 Å². The zero-order valence-corrected chi connectivity index (χ0v) is 16.4. The maximum absolute atomic E-state index is 12.7. The molecular formula is C21H26O5. The Bertz CT molecular complexity index is 778. The highest BCUT2D eigenvalue weighted by molar-refractivity contribution is 5.93. The van der Waals surface area contributed by atoms with Gasteiger partial charge < -0.3 is 18.9 Å². The summed E-state index contributed by atoms with van der Waals surface area (Å²) in [7, 11) is 4.52. The summed E-state index contributed by atoms with van der Waals surface area (Å²) in [5.74, 6) is 1.29. The molecule has 0 N–H and O–H groups in total. The van der Waals surface area contributed by atoms with E-state index in [4.69, 9.17) is 18.9 Å². The molecule has 2 aromatic rings. The van der Waals surface area contributed by atoms with E-state index in [1.165, 1.54) is 21.3 Å². The van der Waals surface area contributed by atoms with Gasteiger partial charge in [0.05, 0.1) is 26.9 Å². The van der Waals surface area contributed by atoms with Gasteiger partial charge in [0, 0.05) is 5.56 Å². The summed E-state index contributed by atoms with van der Waals surface area (Å²) in [6.45, 7) is 8.26. The van der Waals surface area contributed by atoms with Gasteiger partial charge in [0.1, 0.15) is 5.75 Å². The number of methoxy groups -OCH3 is 3. The Hall–Kier alpha value is -2.69. The highest BCUT2D eigenvalue weighted by atomic mass is 16.5. The number of esters is 1. The Morgan fingerprint density at radius 2 is 1.42 bits per heavy atom. The van der Waals surface area contributed by atoms with E-state index < -0.39 is 5.97 Å². The van der Waals surface area contributed by atoms with Crippen LogP contribution in [-0.2, 0) is 5.41 Å². The van der Waals surface area contributed by atoms with E-state index in [-0.39, 0.29) is 5.41 Å². The molecular weight excluding hydrogens is 332 g/mol. The number of hydrogen-bond acceptors (Lipinski definition) is 5. The normalized spacial score (nSPS) is 11.0. The van der Waals surface area contributed by atoms with Crippen molar-refractivity contribution in [2.24, 2.45) is 0 Å². The third-order valence-electron chi connectivity index (χ3n) is 4.05. The van der Waals surface area contributed by atoms with E-state index in [9.17, 15) is 4.79 Å². The summed E-state index contributed by atoms with van der Waals surface area (Å²) in [5.41, 5.74) is 2.25. The van der Waals surface area contributed by atoms with Crippen molar-refractivity contribution in [3.05, 3.63) is 47.0 Å². The average molecular weight is 358 g/mol. The maximum Gasteiger partial charge on any atom is 0.343 e. The van der Waals surface area contributed by atoms with Crippen LogP contribution in [0.2, 0.25) is 0 Å². The summed E-state index contributed by atoms with van der Waals surface area (Å²) >= 11 is 0. The van der Waals surface area contributed by atoms with Crippen molar-refractivity contribution in [1.82, 2.24) is 0 Å². The first-order chi connectivity index (χ1) is 12.2. The molecule has 0 atom stereocenters. The fraction of sp³-hybridized carbons (Fsp3) is 0.381. The molecule has 0 heterocycles. The lowest BCUT2D eigenvalue weighted by Gasteiger charge is -2.23. The fourth-order valence-electron chi connectivity index (χ4n) is 2.68. The van der Waals surface area contributed by atoms with Crippen molar-refractivity contribution >= 4 is 5.97 Å². The van der Waals surface area contributed by atoms with Gasteiger partial charge in [-0.25, -0.2) is 4.79 Å². The van der Waals surface area contributed by atoms with Gasteiger partial charge in [-0.15, -0.1) is 0 Å². The molecule has 0 saturated heterocycles. The maximum atomic E-state index is 12.7. The lowest BCUT2D eigenvalue weighted by Crippen LogP contribution is -2.17. The molecule has 0 aromatic heterocycles. The second-order valence-electron chi connectivity index (χ2n) is 7.05. The lowest BCUT2D eigenvalue weighted by atomic mass is 9.85. The zero-order valence-electron chi connectivity index (χ0n) is 16.4. The smallest absolute Gasteiger partial charge is 0.343 e. The number of aryl methyl sites for hydroxylation is 1. The van der Waals surface area contributed by atoms with Gasteiger partial charge in [-0.05, 0) is 30.5 Å². The van der Waals surface area contributed by atoms with E-state index in [1.807, 2.05) is 25.1 Å². The van der Waals surface area contributed by atoms with Crippen molar-refractivity contribution in [3.63, 3.8) is 0 Å². The van der Waals surface area contributed by atoms with Crippen molar-refractivity contribution in [3.8, 4) is 23.0 Å². The molecule has 0 spiro atoms. The topological polar surface area (TPSA) is 54.0 Å². The van der Waals surface area contributed by atoms with Gasteiger partial charge >= 0.3 is 5.97 Å². The third-order valence-corrected chi connectivity index (χ3v) is 4.05. The Labute approximate surface area is 154 Å². The molecule has 0 aliphatic heterocycles. The number of benzene rings is 2. The van der Waals surface area contributed by atoms with Crippen LogP contribution in [0, 0.1) is 6.92 Å². The summed E-state index contributed by atoms with van der Waals surface area (Å²) < 4.78 is 21.6. The van der Waals surface area contributed by atoms with Gasteiger partial charge in [-0.1, -0.05) is 38.5 Å². The molecule has 0 unspecified atom stereocenters. The first-order valence-electron chi connectivity index (χ1n) is 8.34. The summed E-state index contributed by atoms with van der Waals surface area (Å²) in [4.78, 5) is 12.7. The van der Waals surface area contributed by atoms with E-state index in [2.05, 4.69) is 20.8 Å². The second kappa shape index (κ2) is 7.68. The number of ether oxygens (including phenoxy) is 4. The van der Waals surface area contributed by atoms with E-state index in [1.54, 1.807) is 12.1 Å². The highest BCUT2D eigenvalue weighted by Crippen LogP contribution is 2.39. The van der Waals surface area contributed by atoms with Crippen LogP contribution in [0.1, 0.15) is 42.3 Å². The minimum absolute atomic E-state index is 0.156. The van der Waals surface area contributed by atoms with Crippen LogP contribution >= 0.6 is 0 Å². The number of rotatable bonds is 5. The molecule has 2 rings (SSSR count). The monoisotopic (exact) mass is 358 g/mol. The molecule has 2 aromatic carbocycles. The van der Waals surface area contributed by atoms with E-state index in [0.717, 1.165) is 11.1 Å². The second-order valence-corrected chi connectivity index (χ2v) is 7.05. The molecule has 0 amide bonds. The molecule has 0 aliphatic carbocycles. The standard InChI is InChI=1S/C21H26O5/c1-13-8-9-16(15(10-13)21(2,3)4)26-20(22)14-11-17(23-5)19(25-7)18(12-14)24-6/h8-12H,1-7H3. The largest absolute Gasteiger partial charge is 0.493 e. The van der Waals surface area contributed by atoms with Crippen LogP contribution in [0.3, 0.4) is 0 Å². The third kappa shape index (κ3) is 4.10. The first kappa shape index (κ1) is 19.6. The van der Waals surface area contributed by atoms with Crippen LogP contribution in [-0.4, -0.2) is 27.3 Å². The Morgan fingerprint density at radius 1 is 0.846 bits per heavy atom. The molecule has 0 saturated carbocycles. The Morgan fingerprint density at radius 3 is 1.88 bits per heavy atom. The summed E-state index contributed by atoms with van der Waals surface area (Å²) in [6, 6.07) is 8.94. The predicted octanol–water partition coefficient (Wildman–Crippen LogP) is 4.54. The van der Waals surface area contributed by atoms with Crippen molar-refractivity contribution < 1.29 is 23.7 Å². The highest BCUT2D eigenvalue weighted by Gasteiger charge is 2.23. The van der Waals surface area contributed by atoms with Crippen LogP contribution in [0.25, 0.3) is 0 Å². The molecule has 0 bridgehead atoms. The van der Waals surface area contributed by atoms with Crippen molar-refractivity contribution in [2.45, 2.75) is 33.1 Å². The number of carbonyl (C=O) groups is 1. The molecule has 140 valence electrons. The number of hydrogen-bond donors (Lipinski definition) is 0. The summed E-state index contributed by atoms with van der Waals surface area (Å²) in [5, 5.41) is 0. The Kier molecular flexibility index (Phi) is 5.80. The zero-order chi connectivity index (χ0) is 19.5. The quantitative estimate of drug-likeness (QED) is 0.580. The van der Waals surface area contributed by atoms with Gasteiger partial charge in [0.15, 0.2) is 11.5 Å². The van der Waals surface area contributed by atoms with Crippen molar-refractivity contribution in [1.29, 1.82) is 0 Å². The average Bonchev–Trinajstić information content (AvgIpc) is 2.60. The lowest BCUT2D eigenvalue weighted by molar-refractivity contribution is 0.0731. The minimum atomic E-state index is -0.487. The molecule has 5 heteroatoms. The van der Waals surface area contributed by atoms with Gasteiger partial charge in [0.2, 0.25) is 5.75 Å². The molecule has 0 fully saturated rings. The van der Waals surface area contributed by atoms with Crippen LogP contribution in [0.5, 0.6) is 23.0 Å². The first-order valence-corrected chi connectivity index (χ1v) is 8.34. The van der Waals surface area contributed by atoms with E-state index in [0.29, 0.717) is 28.6 Å². The number of carbonyl (C=O) groups excluding carboxylic acids is 1. The Balaban J connectivity index is 2.43. The fourth-order valence-corrected chi connectivity index (χ4v) is 2.68. The minimum Gasteiger partial charge on any atom is -0.493 e. The van der Waals surface area contributed by atoms with Crippen LogP contribution in [0.4, 0.5) is 0 Å². The SMILES string of the molecule is COc1cc(C(=O)Oc2ccc(C)cc2C(C)(C)C)cc(OC)c1OC. The van der Waals surface area contributed by atoms with Crippen LogP contribution in [0.15, 0.2) is 30.3 Å². The van der Waals surface area contributed by atoms with Gasteiger partial charge in [-0.3, -0.25) is 0 Å². The molecule has 5 nitrogen and oxygen atoms in total. The molecule has 0 aliphatic rings. The van der Waals surface area contributed by atoms with Crippen molar-refractivity contribution in [2.75, 3.05) is 21.3 Å².